The lowest BCUT2D eigenvalue weighted by Gasteiger charge is -2.02. The molecule has 62 valence electrons. The fourth-order valence-corrected chi connectivity index (χ4v) is 0.198. The van der Waals surface area contributed by atoms with Gasteiger partial charge in [0.2, 0.25) is 0 Å². The van der Waals surface area contributed by atoms with E-state index in [4.69, 9.17) is 10.8 Å². The van der Waals surface area contributed by atoms with Gasteiger partial charge in [-0.05, 0) is 15.7 Å². The summed E-state index contributed by atoms with van der Waals surface area (Å²) < 4.78 is 3.90. The first-order valence-electron chi connectivity index (χ1n) is 1.95. The molecule has 0 saturated carbocycles. The summed E-state index contributed by atoms with van der Waals surface area (Å²) in [4.78, 5) is 3.37. The average molecular weight is 181 g/mol. The second-order valence-electron chi connectivity index (χ2n) is 0.859. The summed E-state index contributed by atoms with van der Waals surface area (Å²) in [5.74, 6) is 0. The smallest absolute Gasteiger partial charge is 0.0322 e. The van der Waals surface area contributed by atoms with Gasteiger partial charge in [0.05, 0.1) is 0 Å². The van der Waals surface area contributed by atoms with E-state index >= 15 is 0 Å². The molecular formula is H3N7O3S. The predicted molar refractivity (Wildman–Crippen MR) is 30.5 cm³/mol. The first-order chi connectivity index (χ1) is 5.35. The quantitative estimate of drug-likeness (QED) is 0.193. The van der Waals surface area contributed by atoms with Crippen LogP contribution in [0.25, 0.3) is 0 Å². The average Bonchev–Trinajstić information content (AvgIpc) is 2.05. The molecule has 2 N–H and O–H groups in total. The zero-order valence-corrected chi connectivity index (χ0v) is 5.79. The number of nitrogens with zero attached hydrogens (tertiary/aromatic N) is 6. The molecule has 0 radical (unpaired) electrons. The van der Waals surface area contributed by atoms with Gasteiger partial charge >= 0.3 is 0 Å². The number of rotatable bonds is 5. The summed E-state index contributed by atoms with van der Waals surface area (Å²) in [6.45, 7) is 0. The van der Waals surface area contributed by atoms with Crippen LogP contribution >= 0.6 is 12.9 Å². The third kappa shape index (κ3) is 5.28. The third-order valence-electron chi connectivity index (χ3n) is 0.377. The molecule has 0 aliphatic rings. The van der Waals surface area contributed by atoms with Crippen LogP contribution in [0.5, 0.6) is 0 Å². The summed E-state index contributed by atoms with van der Waals surface area (Å²) in [6.07, 6.45) is 0. The molecule has 0 unspecified atom stereocenters. The van der Waals surface area contributed by atoms with Gasteiger partial charge in [-0.3, -0.25) is 0 Å². The van der Waals surface area contributed by atoms with Crippen molar-refractivity contribution in [2.45, 2.75) is 0 Å². The van der Waals surface area contributed by atoms with E-state index in [0.29, 0.717) is 0 Å². The Morgan fingerprint density at radius 1 is 1.36 bits per heavy atom. The molecule has 0 heterocycles. The summed E-state index contributed by atoms with van der Waals surface area (Å²) in [7, 11) is 0. The second kappa shape index (κ2) is 6.94. The Bertz CT molecular complexity index is 150. The number of hydrogen-bond donors (Lipinski definition) is 3. The number of nitrogens with one attached hydrogen (secondary N) is 1. The fraction of sp³-hybridized carbons (Fsp3) is 0. The van der Waals surface area contributed by atoms with Crippen LogP contribution in [-0.2, 0) is 9.27 Å². The summed E-state index contributed by atoms with van der Waals surface area (Å²) in [5, 5.41) is 21.7. The molecule has 0 aliphatic carbocycles. The Morgan fingerprint density at radius 3 is 2.55 bits per heavy atom. The van der Waals surface area contributed by atoms with Crippen LogP contribution in [-0.4, -0.2) is 10.6 Å². The molecule has 0 amide bonds. The third-order valence-corrected chi connectivity index (χ3v) is 0.517. The summed E-state index contributed by atoms with van der Waals surface area (Å²) in [6, 6.07) is 0. The molecule has 0 rings (SSSR count). The van der Waals surface area contributed by atoms with Gasteiger partial charge in [-0.2, -0.15) is 9.81 Å². The van der Waals surface area contributed by atoms with Crippen LogP contribution in [0, 0.1) is 5.53 Å². The van der Waals surface area contributed by atoms with E-state index in [1.807, 2.05) is 0 Å². The first kappa shape index (κ1) is 9.83. The minimum atomic E-state index is 0.117. The highest BCUT2D eigenvalue weighted by molar-refractivity contribution is 7.75. The zero-order chi connectivity index (χ0) is 8.53. The highest BCUT2D eigenvalue weighted by Crippen LogP contribution is 1.94. The van der Waals surface area contributed by atoms with Gasteiger partial charge in [-0.1, -0.05) is 4.99 Å². The minimum absolute atomic E-state index is 0.117. The molecule has 0 fully saturated rings. The van der Waals surface area contributed by atoms with Crippen molar-refractivity contribution < 1.29 is 14.5 Å². The maximum absolute atomic E-state index is 7.85. The Labute approximate surface area is 65.4 Å². The van der Waals surface area contributed by atoms with Gasteiger partial charge in [0.15, 0.2) is 0 Å². The highest BCUT2D eigenvalue weighted by Gasteiger charge is 1.95. The topological polar surface area (TPSA) is 128 Å². The van der Waals surface area contributed by atoms with Crippen LogP contribution in [0.4, 0.5) is 0 Å². The molecule has 0 bridgehead atoms. The van der Waals surface area contributed by atoms with Crippen molar-refractivity contribution in [1.29, 1.82) is 5.53 Å². The van der Waals surface area contributed by atoms with E-state index in [1.165, 1.54) is 0 Å². The van der Waals surface area contributed by atoms with Crippen molar-refractivity contribution >= 4 is 12.9 Å². The molecule has 0 saturated heterocycles. The Kier molecular flexibility index (Phi) is 6.20. The van der Waals surface area contributed by atoms with Gasteiger partial charge in [-0.25, -0.2) is 5.26 Å². The van der Waals surface area contributed by atoms with Crippen molar-refractivity contribution in [3.63, 3.8) is 0 Å². The van der Waals surface area contributed by atoms with E-state index in [2.05, 4.69) is 48.3 Å². The van der Waals surface area contributed by atoms with E-state index in [-0.39, 0.29) is 5.34 Å². The van der Waals surface area contributed by atoms with Crippen molar-refractivity contribution in [3.05, 3.63) is 0 Å². The molecule has 10 nitrogen and oxygen atoms in total. The van der Waals surface area contributed by atoms with Gasteiger partial charge in [0.25, 0.3) is 0 Å². The molecule has 11 heavy (non-hydrogen) atoms. The maximum atomic E-state index is 7.85. The SMILES string of the molecule is N=N/N=N/N=N/N(OO)OS. The molecule has 11 heteroatoms. The van der Waals surface area contributed by atoms with Gasteiger partial charge in [0, 0.05) is 28.7 Å². The standard InChI is InChI=1S/H3N7O3S/c1-2-3-4-5-6-7(9-8)10-11/h1,8,11H/b2-1?,4-3+,6-5+. The van der Waals surface area contributed by atoms with Crippen LogP contribution in [0.2, 0.25) is 0 Å². The number of hydrogen-bond acceptors (Lipinski definition) is 6. The fourth-order valence-electron chi connectivity index (χ4n) is 0.136. The monoisotopic (exact) mass is 181 g/mol. The lowest BCUT2D eigenvalue weighted by Crippen LogP contribution is -2.10. The van der Waals surface area contributed by atoms with Gasteiger partial charge in [-0.15, -0.1) is 0 Å². The van der Waals surface area contributed by atoms with E-state index in [0.717, 1.165) is 0 Å². The summed E-state index contributed by atoms with van der Waals surface area (Å²) in [5.41, 5.74) is 6.10. The lowest BCUT2D eigenvalue weighted by molar-refractivity contribution is -0.478. The van der Waals surface area contributed by atoms with E-state index in [9.17, 15) is 0 Å². The Balaban J connectivity index is 3.69. The van der Waals surface area contributed by atoms with Crippen molar-refractivity contribution in [2.24, 2.45) is 26.1 Å². The molecule has 0 aromatic rings. The van der Waals surface area contributed by atoms with Crippen LogP contribution < -0.4 is 0 Å². The van der Waals surface area contributed by atoms with Crippen molar-refractivity contribution in [3.8, 4) is 0 Å². The van der Waals surface area contributed by atoms with Gasteiger partial charge < -0.3 is 0 Å². The van der Waals surface area contributed by atoms with Crippen molar-refractivity contribution in [2.75, 3.05) is 0 Å². The normalized spacial score (nSPS) is 11.1. The first-order valence-corrected chi connectivity index (χ1v) is 2.32. The lowest BCUT2D eigenvalue weighted by atomic mass is 12.4. The molecular weight excluding hydrogens is 178 g/mol. The second-order valence-corrected chi connectivity index (χ2v) is 1.02. The Morgan fingerprint density at radius 2 is 2.09 bits per heavy atom. The molecule has 0 atom stereocenters. The van der Waals surface area contributed by atoms with Gasteiger partial charge in [0.1, 0.15) is 0 Å². The molecule has 0 aliphatic heterocycles. The largest absolute Gasteiger partial charge is 0.224 e. The predicted octanol–water partition coefficient (Wildman–Crippen LogP) is 1.15. The van der Waals surface area contributed by atoms with Crippen LogP contribution in [0.1, 0.15) is 0 Å². The summed E-state index contributed by atoms with van der Waals surface area (Å²) >= 11 is 3.18. The zero-order valence-electron chi connectivity index (χ0n) is 4.89. The van der Waals surface area contributed by atoms with Crippen LogP contribution in [0.3, 0.4) is 0 Å². The maximum Gasteiger partial charge on any atom is 0.0322 e. The van der Waals surface area contributed by atoms with Crippen LogP contribution in [0.15, 0.2) is 26.1 Å². The minimum Gasteiger partial charge on any atom is -0.224 e. The highest BCUT2D eigenvalue weighted by atomic mass is 32.1. The van der Waals surface area contributed by atoms with E-state index in [1.54, 1.807) is 0 Å². The molecule has 0 spiro atoms. The molecule has 0 aromatic heterocycles. The Hall–Kier alpha value is -1.17. The molecule has 0 aromatic carbocycles. The van der Waals surface area contributed by atoms with Crippen molar-refractivity contribution in [1.82, 2.24) is 5.34 Å². The van der Waals surface area contributed by atoms with E-state index < -0.39 is 0 Å². The number of thiol groups is 1.